The van der Waals surface area contributed by atoms with Crippen LogP contribution in [-0.4, -0.2) is 46.9 Å². The minimum atomic E-state index is 0.0141. The van der Waals surface area contributed by atoms with E-state index < -0.39 is 0 Å². The van der Waals surface area contributed by atoms with Gasteiger partial charge in [0.1, 0.15) is 5.01 Å². The molecule has 3 aromatic rings. The van der Waals surface area contributed by atoms with Crippen molar-refractivity contribution in [3.05, 3.63) is 76.3 Å². The summed E-state index contributed by atoms with van der Waals surface area (Å²) in [6, 6.07) is 17.5. The summed E-state index contributed by atoms with van der Waals surface area (Å²) in [5.74, 6) is 0.0141. The molecule has 1 aromatic heterocycles. The normalized spacial score (nSPS) is 15.1. The molecule has 0 saturated carbocycles. The van der Waals surface area contributed by atoms with Crippen LogP contribution in [0.3, 0.4) is 0 Å². The Morgan fingerprint density at radius 1 is 1.00 bits per heavy atom. The van der Waals surface area contributed by atoms with Crippen molar-refractivity contribution in [1.82, 2.24) is 14.8 Å². The van der Waals surface area contributed by atoms with Crippen LogP contribution in [0, 0.1) is 0 Å². The van der Waals surface area contributed by atoms with Crippen LogP contribution in [0.5, 0.6) is 0 Å². The third-order valence-electron chi connectivity index (χ3n) is 4.72. The van der Waals surface area contributed by atoms with Gasteiger partial charge in [-0.2, -0.15) is 0 Å². The van der Waals surface area contributed by atoms with Crippen LogP contribution in [0.2, 0.25) is 5.02 Å². The Labute approximate surface area is 168 Å². The van der Waals surface area contributed by atoms with E-state index >= 15 is 0 Å². The number of thiazole rings is 1. The Bertz CT molecular complexity index is 920. The number of carbonyl (C=O) groups is 1. The summed E-state index contributed by atoms with van der Waals surface area (Å²) >= 11 is 7.84. The zero-order valence-electron chi connectivity index (χ0n) is 14.8. The van der Waals surface area contributed by atoms with Crippen LogP contribution in [0.4, 0.5) is 0 Å². The van der Waals surface area contributed by atoms with Crippen molar-refractivity contribution in [2.24, 2.45) is 0 Å². The molecule has 2 heterocycles. The van der Waals surface area contributed by atoms with Gasteiger partial charge in [0.05, 0.1) is 16.3 Å². The number of carbonyl (C=O) groups excluding carboxylic acids is 1. The van der Waals surface area contributed by atoms with Gasteiger partial charge in [-0.25, -0.2) is 4.98 Å². The average molecular weight is 398 g/mol. The number of amides is 1. The maximum atomic E-state index is 12.7. The molecule has 1 saturated heterocycles. The van der Waals surface area contributed by atoms with Crippen molar-refractivity contribution < 1.29 is 4.79 Å². The monoisotopic (exact) mass is 397 g/mol. The van der Waals surface area contributed by atoms with E-state index in [0.717, 1.165) is 35.9 Å². The fourth-order valence-corrected chi connectivity index (χ4v) is 4.27. The van der Waals surface area contributed by atoms with Crippen LogP contribution < -0.4 is 0 Å². The molecule has 1 aliphatic heterocycles. The van der Waals surface area contributed by atoms with Crippen molar-refractivity contribution in [2.75, 3.05) is 26.2 Å². The maximum absolute atomic E-state index is 12.7. The topological polar surface area (TPSA) is 36.4 Å². The molecule has 0 atom stereocenters. The minimum Gasteiger partial charge on any atom is -0.336 e. The summed E-state index contributed by atoms with van der Waals surface area (Å²) in [6.45, 7) is 3.92. The number of hydrogen-bond acceptors (Lipinski definition) is 4. The van der Waals surface area contributed by atoms with E-state index in [0.29, 0.717) is 23.7 Å². The van der Waals surface area contributed by atoms with E-state index in [1.807, 2.05) is 35.2 Å². The van der Waals surface area contributed by atoms with E-state index in [4.69, 9.17) is 16.6 Å². The molecule has 1 fully saturated rings. The van der Waals surface area contributed by atoms with Crippen LogP contribution in [0.15, 0.2) is 60.0 Å². The van der Waals surface area contributed by atoms with Gasteiger partial charge in [-0.05, 0) is 12.1 Å². The first-order chi connectivity index (χ1) is 13.2. The number of benzene rings is 2. The Kier molecular flexibility index (Phi) is 5.53. The lowest BCUT2D eigenvalue weighted by molar-refractivity contribution is 0.0627. The molecular formula is C21H20ClN3OS. The predicted octanol–water partition coefficient (Wildman–Crippen LogP) is 4.42. The van der Waals surface area contributed by atoms with E-state index in [9.17, 15) is 4.79 Å². The third-order valence-corrected chi connectivity index (χ3v) is 5.99. The number of rotatable bonds is 4. The number of nitrogens with zero attached hydrogens (tertiary/aromatic N) is 3. The lowest BCUT2D eigenvalue weighted by atomic mass is 10.2. The van der Waals surface area contributed by atoms with Gasteiger partial charge in [0.15, 0.2) is 0 Å². The van der Waals surface area contributed by atoms with Gasteiger partial charge in [-0.15, -0.1) is 11.3 Å². The van der Waals surface area contributed by atoms with Crippen molar-refractivity contribution in [1.29, 1.82) is 0 Å². The highest BCUT2D eigenvalue weighted by molar-refractivity contribution is 7.13. The Morgan fingerprint density at radius 3 is 2.44 bits per heavy atom. The average Bonchev–Trinajstić information content (AvgIpc) is 3.18. The molecule has 0 bridgehead atoms. The van der Waals surface area contributed by atoms with Gasteiger partial charge in [0.2, 0.25) is 0 Å². The lowest BCUT2D eigenvalue weighted by Gasteiger charge is -2.34. The molecule has 2 aromatic carbocycles. The first-order valence-electron chi connectivity index (χ1n) is 8.97. The Balaban J connectivity index is 1.34. The van der Waals surface area contributed by atoms with Crippen molar-refractivity contribution >= 4 is 28.8 Å². The summed E-state index contributed by atoms with van der Waals surface area (Å²) in [4.78, 5) is 21.7. The third kappa shape index (κ3) is 4.21. The number of hydrogen-bond donors (Lipinski definition) is 0. The second-order valence-corrected chi connectivity index (χ2v) is 7.82. The van der Waals surface area contributed by atoms with Crippen LogP contribution in [0.25, 0.3) is 10.6 Å². The van der Waals surface area contributed by atoms with Crippen LogP contribution in [0.1, 0.15) is 16.1 Å². The number of aromatic nitrogens is 1. The second kappa shape index (κ2) is 8.21. The molecule has 0 aliphatic carbocycles. The largest absolute Gasteiger partial charge is 0.336 e. The highest BCUT2D eigenvalue weighted by Crippen LogP contribution is 2.24. The van der Waals surface area contributed by atoms with E-state index in [2.05, 4.69) is 22.4 Å². The predicted molar refractivity (Wildman–Crippen MR) is 110 cm³/mol. The Hall–Kier alpha value is -2.21. The molecule has 4 nitrogen and oxygen atoms in total. The zero-order valence-corrected chi connectivity index (χ0v) is 16.4. The molecule has 27 heavy (non-hydrogen) atoms. The van der Waals surface area contributed by atoms with Gasteiger partial charge in [-0.1, -0.05) is 54.1 Å². The molecule has 0 radical (unpaired) electrons. The first-order valence-corrected chi connectivity index (χ1v) is 10.2. The molecule has 0 N–H and O–H groups in total. The fraction of sp³-hybridized carbons (Fsp3) is 0.238. The Morgan fingerprint density at radius 2 is 1.70 bits per heavy atom. The van der Waals surface area contributed by atoms with E-state index in [1.54, 1.807) is 23.5 Å². The van der Waals surface area contributed by atoms with Gasteiger partial charge >= 0.3 is 0 Å². The molecule has 0 unspecified atom stereocenters. The van der Waals surface area contributed by atoms with Crippen LogP contribution >= 0.6 is 22.9 Å². The SMILES string of the molecule is O=C(c1ccccc1Cl)N1CCN(Cc2csc(-c3ccccc3)n2)CC1. The molecule has 6 heteroatoms. The summed E-state index contributed by atoms with van der Waals surface area (Å²) in [6.07, 6.45) is 0. The van der Waals surface area contributed by atoms with Crippen molar-refractivity contribution in [3.63, 3.8) is 0 Å². The summed E-state index contributed by atoms with van der Waals surface area (Å²) in [5, 5.41) is 3.70. The summed E-state index contributed by atoms with van der Waals surface area (Å²) in [5.41, 5.74) is 2.83. The molecule has 0 spiro atoms. The van der Waals surface area contributed by atoms with Crippen molar-refractivity contribution in [3.8, 4) is 10.6 Å². The summed E-state index contributed by atoms with van der Waals surface area (Å²) in [7, 11) is 0. The first kappa shape index (κ1) is 18.2. The molecule has 1 aliphatic rings. The lowest BCUT2D eigenvalue weighted by Crippen LogP contribution is -2.48. The van der Waals surface area contributed by atoms with Crippen LogP contribution in [-0.2, 0) is 6.54 Å². The molecule has 4 rings (SSSR count). The smallest absolute Gasteiger partial charge is 0.255 e. The molecular weight excluding hydrogens is 378 g/mol. The van der Waals surface area contributed by atoms with Gasteiger partial charge in [0, 0.05) is 43.7 Å². The standard InChI is InChI=1S/C21H20ClN3OS/c22-19-9-5-4-8-18(19)21(26)25-12-10-24(11-13-25)14-17-15-27-20(23-17)16-6-2-1-3-7-16/h1-9,15H,10-14H2. The van der Waals surface area contributed by atoms with Gasteiger partial charge < -0.3 is 4.90 Å². The minimum absolute atomic E-state index is 0.0141. The van der Waals surface area contributed by atoms with E-state index in [1.165, 1.54) is 0 Å². The maximum Gasteiger partial charge on any atom is 0.255 e. The van der Waals surface area contributed by atoms with Crippen molar-refractivity contribution in [2.45, 2.75) is 6.54 Å². The zero-order chi connectivity index (χ0) is 18.6. The highest BCUT2D eigenvalue weighted by atomic mass is 35.5. The number of piperazine rings is 1. The number of halogens is 1. The quantitative estimate of drug-likeness (QED) is 0.653. The molecule has 138 valence electrons. The second-order valence-electron chi connectivity index (χ2n) is 6.56. The van der Waals surface area contributed by atoms with E-state index in [-0.39, 0.29) is 5.91 Å². The van der Waals surface area contributed by atoms with Gasteiger partial charge in [0.25, 0.3) is 5.91 Å². The molecule has 1 amide bonds. The fourth-order valence-electron chi connectivity index (χ4n) is 3.24. The van der Waals surface area contributed by atoms with Gasteiger partial charge in [-0.3, -0.25) is 9.69 Å². The highest BCUT2D eigenvalue weighted by Gasteiger charge is 2.23. The summed E-state index contributed by atoms with van der Waals surface area (Å²) < 4.78 is 0.